The van der Waals surface area contributed by atoms with E-state index in [9.17, 15) is 14.7 Å². The van der Waals surface area contributed by atoms with Crippen molar-refractivity contribution in [1.82, 2.24) is 0 Å². The molecule has 5 heteroatoms. The summed E-state index contributed by atoms with van der Waals surface area (Å²) in [6.07, 6.45) is 0.889. The number of hydrogen-bond donors (Lipinski definition) is 1. The quantitative estimate of drug-likeness (QED) is 0.302. The van der Waals surface area contributed by atoms with Gasteiger partial charge in [0.05, 0.1) is 18.2 Å². The summed E-state index contributed by atoms with van der Waals surface area (Å²) in [5, 5.41) is 11.3. The highest BCUT2D eigenvalue weighted by molar-refractivity contribution is 6.51. The first-order valence-corrected chi connectivity index (χ1v) is 11.1. The molecule has 1 unspecified atom stereocenters. The molecule has 1 aliphatic rings. The van der Waals surface area contributed by atoms with E-state index in [0.717, 1.165) is 23.1 Å². The molecule has 1 amide bonds. The zero-order valence-corrected chi connectivity index (χ0v) is 19.0. The van der Waals surface area contributed by atoms with E-state index < -0.39 is 17.7 Å². The van der Waals surface area contributed by atoms with Gasteiger partial charge in [-0.05, 0) is 67.3 Å². The van der Waals surface area contributed by atoms with Crippen molar-refractivity contribution >= 4 is 23.1 Å². The van der Waals surface area contributed by atoms with E-state index in [2.05, 4.69) is 0 Å². The number of ketones is 1. The number of benzene rings is 3. The first kappa shape index (κ1) is 22.3. The highest BCUT2D eigenvalue weighted by Gasteiger charge is 2.47. The van der Waals surface area contributed by atoms with Crippen LogP contribution in [0.5, 0.6) is 5.75 Å². The van der Waals surface area contributed by atoms with Crippen molar-refractivity contribution < 1.29 is 19.4 Å². The lowest BCUT2D eigenvalue weighted by Gasteiger charge is -2.27. The van der Waals surface area contributed by atoms with Gasteiger partial charge in [0.1, 0.15) is 11.5 Å². The zero-order valence-electron chi connectivity index (χ0n) is 19.0. The molecule has 0 bridgehead atoms. The number of carbonyl (C=O) groups excluding carboxylic acids is 2. The molecule has 3 aromatic rings. The Kier molecular flexibility index (Phi) is 6.31. The van der Waals surface area contributed by atoms with E-state index in [1.54, 1.807) is 24.3 Å². The maximum atomic E-state index is 13.3. The van der Waals surface area contributed by atoms with E-state index in [0.29, 0.717) is 23.6 Å². The van der Waals surface area contributed by atoms with Gasteiger partial charge < -0.3 is 9.84 Å². The number of anilines is 1. The maximum Gasteiger partial charge on any atom is 0.300 e. The van der Waals surface area contributed by atoms with Gasteiger partial charge in [0.25, 0.3) is 11.7 Å². The van der Waals surface area contributed by atoms with E-state index in [4.69, 9.17) is 4.74 Å². The molecule has 168 valence electrons. The number of rotatable bonds is 6. The first-order chi connectivity index (χ1) is 15.9. The van der Waals surface area contributed by atoms with Crippen LogP contribution in [0.3, 0.4) is 0 Å². The van der Waals surface area contributed by atoms with Gasteiger partial charge in [0.15, 0.2) is 0 Å². The summed E-state index contributed by atoms with van der Waals surface area (Å²) in [5.74, 6) is -0.860. The number of ether oxygens (including phenoxy) is 1. The number of aryl methyl sites for hydroxylation is 2. The summed E-state index contributed by atoms with van der Waals surface area (Å²) in [6, 6.07) is 21.3. The molecule has 1 saturated heterocycles. The molecule has 3 aromatic carbocycles. The van der Waals surface area contributed by atoms with Crippen molar-refractivity contribution in [3.63, 3.8) is 0 Å². The Morgan fingerprint density at radius 1 is 0.909 bits per heavy atom. The monoisotopic (exact) mass is 441 g/mol. The van der Waals surface area contributed by atoms with Gasteiger partial charge in [-0.3, -0.25) is 14.5 Å². The number of amides is 1. The lowest BCUT2D eigenvalue weighted by Crippen LogP contribution is -2.30. The van der Waals surface area contributed by atoms with Gasteiger partial charge in [-0.1, -0.05) is 49.4 Å². The topological polar surface area (TPSA) is 66.8 Å². The van der Waals surface area contributed by atoms with Crippen LogP contribution in [0.25, 0.3) is 5.76 Å². The number of aliphatic hydroxyl groups is 1. The van der Waals surface area contributed by atoms with Crippen molar-refractivity contribution in [3.8, 4) is 5.75 Å². The van der Waals surface area contributed by atoms with Crippen LogP contribution in [0, 0.1) is 13.8 Å². The Labute approximate surface area is 193 Å². The van der Waals surface area contributed by atoms with Crippen LogP contribution >= 0.6 is 0 Å². The van der Waals surface area contributed by atoms with E-state index in [-0.39, 0.29) is 11.3 Å². The Morgan fingerprint density at radius 2 is 1.55 bits per heavy atom. The molecule has 0 saturated carbocycles. The summed E-state index contributed by atoms with van der Waals surface area (Å²) < 4.78 is 5.62. The summed E-state index contributed by atoms with van der Waals surface area (Å²) in [5.41, 5.74) is 3.78. The molecule has 33 heavy (non-hydrogen) atoms. The van der Waals surface area contributed by atoms with Crippen LogP contribution in [-0.2, 0) is 9.59 Å². The number of Topliss-reactive ketones (excluding diaryl/α,β-unsaturated/α-hetero) is 1. The molecule has 1 heterocycles. The van der Waals surface area contributed by atoms with Crippen LogP contribution < -0.4 is 9.64 Å². The fourth-order valence-corrected chi connectivity index (χ4v) is 4.19. The summed E-state index contributed by atoms with van der Waals surface area (Å²) in [7, 11) is 0. The number of nitrogens with zero attached hydrogens (tertiary/aromatic N) is 1. The molecule has 1 fully saturated rings. The second-order valence-corrected chi connectivity index (χ2v) is 8.19. The average Bonchev–Trinajstić information content (AvgIpc) is 3.08. The van der Waals surface area contributed by atoms with Crippen molar-refractivity contribution in [2.45, 2.75) is 33.2 Å². The van der Waals surface area contributed by atoms with Gasteiger partial charge >= 0.3 is 0 Å². The summed E-state index contributed by atoms with van der Waals surface area (Å²) >= 11 is 0. The molecule has 0 radical (unpaired) electrons. The third-order valence-electron chi connectivity index (χ3n) is 5.90. The van der Waals surface area contributed by atoms with Gasteiger partial charge in [0.2, 0.25) is 0 Å². The second-order valence-electron chi connectivity index (χ2n) is 8.19. The highest BCUT2D eigenvalue weighted by Crippen LogP contribution is 2.43. The lowest BCUT2D eigenvalue weighted by molar-refractivity contribution is -0.132. The number of carbonyl (C=O) groups is 2. The largest absolute Gasteiger partial charge is 0.507 e. The predicted octanol–water partition coefficient (Wildman–Crippen LogP) is 5.72. The van der Waals surface area contributed by atoms with Crippen LogP contribution in [0.15, 0.2) is 78.4 Å². The van der Waals surface area contributed by atoms with Crippen LogP contribution in [0.1, 0.15) is 41.6 Å². The van der Waals surface area contributed by atoms with E-state index in [1.807, 2.05) is 69.3 Å². The molecule has 1 aliphatic heterocycles. The lowest BCUT2D eigenvalue weighted by atomic mass is 9.92. The third-order valence-corrected chi connectivity index (χ3v) is 5.90. The molecule has 0 aliphatic carbocycles. The van der Waals surface area contributed by atoms with Crippen LogP contribution in [0.4, 0.5) is 5.69 Å². The van der Waals surface area contributed by atoms with Crippen molar-refractivity contribution in [2.75, 3.05) is 11.5 Å². The minimum absolute atomic E-state index is 0.0831. The Morgan fingerprint density at radius 3 is 2.18 bits per heavy atom. The first-order valence-electron chi connectivity index (χ1n) is 11.1. The van der Waals surface area contributed by atoms with Gasteiger partial charge in [-0.25, -0.2) is 0 Å². The zero-order chi connectivity index (χ0) is 23.5. The van der Waals surface area contributed by atoms with E-state index >= 15 is 0 Å². The Bertz CT molecular complexity index is 1230. The highest BCUT2D eigenvalue weighted by atomic mass is 16.5. The minimum Gasteiger partial charge on any atom is -0.507 e. The van der Waals surface area contributed by atoms with Crippen molar-refractivity contribution in [2.24, 2.45) is 0 Å². The van der Waals surface area contributed by atoms with Crippen molar-refractivity contribution in [1.29, 1.82) is 0 Å². The van der Waals surface area contributed by atoms with Crippen LogP contribution in [-0.4, -0.2) is 23.4 Å². The molecule has 1 N–H and O–H groups in total. The second kappa shape index (κ2) is 9.33. The Balaban J connectivity index is 1.88. The van der Waals surface area contributed by atoms with Gasteiger partial charge in [0, 0.05) is 11.3 Å². The standard InChI is InChI=1S/C28H27NO4/c1-4-17-33-21-15-13-20(14-16-21)26(30)24-25(22-11-7-5-9-18(22)2)29(28(32)27(24)31)23-12-8-6-10-19(23)3/h5-16,25,30H,4,17H2,1-3H3/b26-24+. The SMILES string of the molecule is CCCOc1ccc(/C(O)=C2\C(=O)C(=O)N(c3ccccc3C)C2c2ccccc2C)cc1. The normalized spacial score (nSPS) is 17.4. The third kappa shape index (κ3) is 4.14. The smallest absolute Gasteiger partial charge is 0.300 e. The fourth-order valence-electron chi connectivity index (χ4n) is 4.19. The molecule has 0 spiro atoms. The minimum atomic E-state index is -0.733. The maximum absolute atomic E-state index is 13.3. The number of aliphatic hydroxyl groups excluding tert-OH is 1. The van der Waals surface area contributed by atoms with E-state index in [1.165, 1.54) is 4.90 Å². The fraction of sp³-hybridized carbons (Fsp3) is 0.214. The van der Waals surface area contributed by atoms with Crippen LogP contribution in [0.2, 0.25) is 0 Å². The number of hydrogen-bond acceptors (Lipinski definition) is 4. The average molecular weight is 442 g/mol. The molecule has 0 aromatic heterocycles. The molecule has 5 nitrogen and oxygen atoms in total. The van der Waals surface area contributed by atoms with Gasteiger partial charge in [-0.2, -0.15) is 0 Å². The predicted molar refractivity (Wildman–Crippen MR) is 129 cm³/mol. The number of para-hydroxylation sites is 1. The summed E-state index contributed by atoms with van der Waals surface area (Å²) in [6.45, 7) is 6.46. The molecule has 4 rings (SSSR count). The van der Waals surface area contributed by atoms with Crippen molar-refractivity contribution in [3.05, 3.63) is 101 Å². The molecular formula is C28H27NO4. The summed E-state index contributed by atoms with van der Waals surface area (Å²) in [4.78, 5) is 28.1. The molecular weight excluding hydrogens is 414 g/mol. The molecule has 1 atom stereocenters. The Hall–Kier alpha value is -3.86. The van der Waals surface area contributed by atoms with Gasteiger partial charge in [-0.15, -0.1) is 0 Å².